The van der Waals surface area contributed by atoms with E-state index in [9.17, 15) is 4.79 Å². The molecule has 0 aliphatic carbocycles. The predicted octanol–water partition coefficient (Wildman–Crippen LogP) is 0.681. The van der Waals surface area contributed by atoms with E-state index in [2.05, 4.69) is 10.2 Å². The second-order valence-electron chi connectivity index (χ2n) is 3.22. The number of methoxy groups -OCH3 is 1. The Kier molecular flexibility index (Phi) is 2.97. The summed E-state index contributed by atoms with van der Waals surface area (Å²) in [7, 11) is 1.36. The topological polar surface area (TPSA) is 83.0 Å². The molecule has 0 fully saturated rings. The van der Waals surface area contributed by atoms with Crippen LogP contribution < -0.4 is 16.1 Å². The molecule has 1 aromatic heterocycles. The van der Waals surface area contributed by atoms with E-state index in [1.807, 2.05) is 0 Å². The number of nitrogens with two attached hydrogens (primary N) is 1. The van der Waals surface area contributed by atoms with Crippen LogP contribution in [0.15, 0.2) is 29.1 Å². The highest BCUT2D eigenvalue weighted by Crippen LogP contribution is 2.16. The zero-order valence-corrected chi connectivity index (χ0v) is 9.68. The van der Waals surface area contributed by atoms with E-state index in [-0.39, 0.29) is 11.7 Å². The minimum absolute atomic E-state index is 0.0484. The van der Waals surface area contributed by atoms with Crippen LogP contribution in [0.4, 0.5) is 0 Å². The van der Waals surface area contributed by atoms with Gasteiger partial charge in [-0.2, -0.15) is 4.68 Å². The van der Waals surface area contributed by atoms with E-state index in [0.29, 0.717) is 10.6 Å². The summed E-state index contributed by atoms with van der Waals surface area (Å²) in [5.74, 6) is 5.51. The number of benzene rings is 1. The second-order valence-corrected chi connectivity index (χ2v) is 3.65. The Bertz CT molecular complexity index is 594. The molecule has 0 radical (unpaired) electrons. The molecule has 0 saturated heterocycles. The van der Waals surface area contributed by atoms with Crippen LogP contribution in [0.1, 0.15) is 0 Å². The minimum Gasteiger partial charge on any atom is -0.466 e. The Balaban J connectivity index is 2.57. The quantitative estimate of drug-likeness (QED) is 0.795. The molecule has 2 N–H and O–H groups in total. The summed E-state index contributed by atoms with van der Waals surface area (Å²) in [6.07, 6.45) is 0. The first-order chi connectivity index (χ1) is 8.13. The first-order valence-corrected chi connectivity index (χ1v) is 5.06. The van der Waals surface area contributed by atoms with Gasteiger partial charge in [-0.25, -0.2) is 0 Å². The van der Waals surface area contributed by atoms with Gasteiger partial charge in [-0.05, 0) is 12.1 Å². The molecule has 0 spiro atoms. The van der Waals surface area contributed by atoms with Gasteiger partial charge in [0.2, 0.25) is 0 Å². The van der Waals surface area contributed by atoms with Crippen molar-refractivity contribution in [2.75, 3.05) is 13.0 Å². The molecular formula is C10H9ClN4O2. The third-order valence-electron chi connectivity index (χ3n) is 2.16. The van der Waals surface area contributed by atoms with Crippen LogP contribution in [0.25, 0.3) is 11.3 Å². The number of ether oxygens (including phenoxy) is 1. The van der Waals surface area contributed by atoms with E-state index in [0.717, 1.165) is 4.68 Å². The van der Waals surface area contributed by atoms with Gasteiger partial charge in [0, 0.05) is 10.6 Å². The van der Waals surface area contributed by atoms with E-state index in [1.165, 1.54) is 7.11 Å². The molecule has 0 bridgehead atoms. The van der Waals surface area contributed by atoms with Crippen LogP contribution in [0.5, 0.6) is 6.01 Å². The Hall–Kier alpha value is -2.08. The standard InChI is InChI=1S/C10H9ClN4O2/c1-17-10-14-13-8(9(16)15(10)12)6-2-4-7(11)5-3-6/h2-5H,12H2,1H3. The van der Waals surface area contributed by atoms with Crippen LogP contribution >= 0.6 is 11.6 Å². The first kappa shape index (κ1) is 11.4. The molecule has 0 aliphatic rings. The van der Waals surface area contributed by atoms with Gasteiger partial charge >= 0.3 is 11.6 Å². The summed E-state index contributed by atoms with van der Waals surface area (Å²) in [6.45, 7) is 0. The van der Waals surface area contributed by atoms with Gasteiger partial charge in [-0.1, -0.05) is 28.8 Å². The number of hydrogen-bond acceptors (Lipinski definition) is 5. The van der Waals surface area contributed by atoms with Crippen molar-refractivity contribution in [1.82, 2.24) is 14.9 Å². The molecule has 0 unspecified atom stereocenters. The molecule has 0 atom stereocenters. The maximum Gasteiger partial charge on any atom is 0.337 e. The van der Waals surface area contributed by atoms with Crippen molar-refractivity contribution in [2.24, 2.45) is 0 Å². The van der Waals surface area contributed by atoms with Gasteiger partial charge in [0.05, 0.1) is 7.11 Å². The number of halogens is 1. The third kappa shape index (κ3) is 2.07. The van der Waals surface area contributed by atoms with E-state index in [1.54, 1.807) is 24.3 Å². The molecule has 0 amide bonds. The summed E-state index contributed by atoms with van der Waals surface area (Å²) in [4.78, 5) is 11.9. The zero-order valence-electron chi connectivity index (χ0n) is 8.92. The molecule has 88 valence electrons. The average molecular weight is 253 g/mol. The third-order valence-corrected chi connectivity index (χ3v) is 2.42. The lowest BCUT2D eigenvalue weighted by Gasteiger charge is -2.05. The molecule has 17 heavy (non-hydrogen) atoms. The Morgan fingerprint density at radius 2 is 1.94 bits per heavy atom. The highest BCUT2D eigenvalue weighted by Gasteiger charge is 2.11. The van der Waals surface area contributed by atoms with Crippen LogP contribution in [-0.2, 0) is 0 Å². The van der Waals surface area contributed by atoms with Gasteiger partial charge in [-0.15, -0.1) is 5.10 Å². The van der Waals surface area contributed by atoms with Gasteiger partial charge in [0.1, 0.15) is 0 Å². The van der Waals surface area contributed by atoms with Crippen molar-refractivity contribution in [3.63, 3.8) is 0 Å². The Morgan fingerprint density at radius 1 is 1.29 bits per heavy atom. The van der Waals surface area contributed by atoms with Crippen molar-refractivity contribution in [3.05, 3.63) is 39.6 Å². The Labute approximate surface area is 102 Å². The maximum atomic E-state index is 11.9. The number of nitrogen functional groups attached to an aromatic ring is 1. The van der Waals surface area contributed by atoms with Gasteiger partial charge in [0.15, 0.2) is 5.69 Å². The minimum atomic E-state index is -0.487. The summed E-state index contributed by atoms with van der Waals surface area (Å²) in [5, 5.41) is 8.04. The van der Waals surface area contributed by atoms with Crippen LogP contribution in [0.3, 0.4) is 0 Å². The summed E-state index contributed by atoms with van der Waals surface area (Å²) in [5.41, 5.74) is 0.248. The summed E-state index contributed by atoms with van der Waals surface area (Å²) in [6, 6.07) is 6.60. The highest BCUT2D eigenvalue weighted by molar-refractivity contribution is 6.30. The summed E-state index contributed by atoms with van der Waals surface area (Å²) >= 11 is 5.75. The van der Waals surface area contributed by atoms with Crippen LogP contribution in [-0.4, -0.2) is 22.0 Å². The van der Waals surface area contributed by atoms with Gasteiger partial charge in [0.25, 0.3) is 0 Å². The lowest BCUT2D eigenvalue weighted by molar-refractivity contribution is 0.355. The molecule has 2 aromatic rings. The lowest BCUT2D eigenvalue weighted by Crippen LogP contribution is -2.31. The fourth-order valence-electron chi connectivity index (χ4n) is 1.31. The number of hydrogen-bond donors (Lipinski definition) is 1. The van der Waals surface area contributed by atoms with E-state index in [4.69, 9.17) is 22.2 Å². The largest absolute Gasteiger partial charge is 0.466 e. The van der Waals surface area contributed by atoms with Crippen LogP contribution in [0.2, 0.25) is 5.02 Å². The van der Waals surface area contributed by atoms with Crippen molar-refractivity contribution in [3.8, 4) is 17.3 Å². The molecule has 0 aliphatic heterocycles. The van der Waals surface area contributed by atoms with E-state index >= 15 is 0 Å². The number of aromatic nitrogens is 3. The summed E-state index contributed by atoms with van der Waals surface area (Å²) < 4.78 is 5.58. The van der Waals surface area contributed by atoms with Crippen molar-refractivity contribution in [2.45, 2.75) is 0 Å². The van der Waals surface area contributed by atoms with Crippen molar-refractivity contribution < 1.29 is 4.74 Å². The average Bonchev–Trinajstić information content (AvgIpc) is 2.34. The maximum absolute atomic E-state index is 11.9. The predicted molar refractivity (Wildman–Crippen MR) is 63.4 cm³/mol. The molecule has 1 heterocycles. The molecule has 1 aromatic carbocycles. The zero-order chi connectivity index (χ0) is 12.4. The molecular weight excluding hydrogens is 244 g/mol. The first-order valence-electron chi connectivity index (χ1n) is 4.68. The van der Waals surface area contributed by atoms with E-state index < -0.39 is 5.56 Å². The second kappa shape index (κ2) is 4.42. The molecule has 6 nitrogen and oxygen atoms in total. The number of nitrogens with zero attached hydrogens (tertiary/aromatic N) is 3. The van der Waals surface area contributed by atoms with Crippen molar-refractivity contribution in [1.29, 1.82) is 0 Å². The molecule has 2 rings (SSSR count). The smallest absolute Gasteiger partial charge is 0.337 e. The lowest BCUT2D eigenvalue weighted by atomic mass is 10.2. The Morgan fingerprint density at radius 3 is 2.53 bits per heavy atom. The number of rotatable bonds is 2. The normalized spacial score (nSPS) is 10.2. The van der Waals surface area contributed by atoms with Gasteiger partial charge in [-0.3, -0.25) is 4.79 Å². The highest BCUT2D eigenvalue weighted by atomic mass is 35.5. The fraction of sp³-hybridized carbons (Fsp3) is 0.100. The fourth-order valence-corrected chi connectivity index (χ4v) is 1.44. The molecule has 0 saturated carbocycles. The van der Waals surface area contributed by atoms with Crippen LogP contribution in [0, 0.1) is 0 Å². The monoisotopic (exact) mass is 252 g/mol. The SMILES string of the molecule is COc1nnc(-c2ccc(Cl)cc2)c(=O)n1N. The van der Waals surface area contributed by atoms with Crippen molar-refractivity contribution >= 4 is 11.6 Å². The molecule has 7 heteroatoms. The van der Waals surface area contributed by atoms with Gasteiger partial charge < -0.3 is 10.6 Å².